The number of carbonyl (C=O) groups excluding carboxylic acids is 1. The van der Waals surface area contributed by atoms with Gasteiger partial charge in [-0.1, -0.05) is 20.8 Å². The summed E-state index contributed by atoms with van der Waals surface area (Å²) >= 11 is 0. The second-order valence-corrected chi connectivity index (χ2v) is 7.75. The number of hydrogen-bond donors (Lipinski definition) is 2. The lowest BCUT2D eigenvalue weighted by molar-refractivity contribution is 0.0495. The van der Waals surface area contributed by atoms with E-state index in [9.17, 15) is 4.79 Å². The molecule has 1 aliphatic carbocycles. The molecule has 2 atom stereocenters. The van der Waals surface area contributed by atoms with Gasteiger partial charge in [0.15, 0.2) is 0 Å². The van der Waals surface area contributed by atoms with Crippen molar-refractivity contribution in [3.8, 4) is 0 Å². The van der Waals surface area contributed by atoms with Crippen LogP contribution in [0.4, 0.5) is 4.79 Å². The summed E-state index contributed by atoms with van der Waals surface area (Å²) in [6.45, 7) is 12.1. The fraction of sp³-hybridized carbons (Fsp3) is 0.765. The van der Waals surface area contributed by atoms with Crippen molar-refractivity contribution in [2.45, 2.75) is 78.4 Å². The number of carbonyl (C=O) groups is 1. The molecule has 0 saturated carbocycles. The second-order valence-electron chi connectivity index (χ2n) is 7.75. The van der Waals surface area contributed by atoms with Crippen molar-refractivity contribution >= 4 is 6.09 Å². The molecule has 0 aliphatic heterocycles. The van der Waals surface area contributed by atoms with E-state index in [1.165, 1.54) is 5.69 Å². The van der Waals surface area contributed by atoms with Gasteiger partial charge in [0.2, 0.25) is 0 Å². The Labute approximate surface area is 133 Å². The number of alkyl carbamates (subject to hydrolysis) is 1. The number of nitrogens with zero attached hydrogens (tertiary/aromatic N) is 1. The predicted octanol–water partition coefficient (Wildman–Crippen LogP) is 4.07. The van der Waals surface area contributed by atoms with Crippen LogP contribution in [0.5, 0.6) is 0 Å². The first-order valence-corrected chi connectivity index (χ1v) is 8.24. The summed E-state index contributed by atoms with van der Waals surface area (Å²) in [7, 11) is 0. The molecule has 5 nitrogen and oxygen atoms in total. The fourth-order valence-corrected chi connectivity index (χ4v) is 2.86. The Kier molecular flexibility index (Phi) is 4.83. The normalized spacial score (nSPS) is 19.1. The average molecular weight is 307 g/mol. The minimum atomic E-state index is -0.494. The highest BCUT2D eigenvalue weighted by molar-refractivity contribution is 5.68. The Morgan fingerprint density at radius 2 is 2.14 bits per heavy atom. The maximum Gasteiger partial charge on any atom is 0.408 e. The van der Waals surface area contributed by atoms with Gasteiger partial charge in [-0.05, 0) is 46.0 Å². The molecule has 2 unspecified atom stereocenters. The van der Waals surface area contributed by atoms with Gasteiger partial charge in [0.25, 0.3) is 0 Å². The van der Waals surface area contributed by atoms with Crippen molar-refractivity contribution < 1.29 is 9.53 Å². The molecule has 1 amide bonds. The zero-order valence-corrected chi connectivity index (χ0v) is 14.6. The summed E-state index contributed by atoms with van der Waals surface area (Å²) in [6, 6.07) is -0.132. The Bertz CT molecular complexity index is 528. The van der Waals surface area contributed by atoms with E-state index in [2.05, 4.69) is 31.1 Å². The number of aryl methyl sites for hydroxylation is 1. The van der Waals surface area contributed by atoms with E-state index in [1.807, 2.05) is 20.8 Å². The first-order chi connectivity index (χ1) is 10.2. The standard InChI is InChI=1S/C17H29N3O2/c1-10(2)9-13(19-16(21)22-17(4,5)6)15-18-12-8-7-11(3)14(12)20-15/h10-11,13H,7-9H2,1-6H3,(H,18,20)(H,19,21). The van der Waals surface area contributed by atoms with Crippen LogP contribution >= 0.6 is 0 Å². The molecule has 1 aromatic heterocycles. The third-order valence-electron chi connectivity index (χ3n) is 3.85. The highest BCUT2D eigenvalue weighted by Gasteiger charge is 2.28. The Morgan fingerprint density at radius 3 is 2.68 bits per heavy atom. The topological polar surface area (TPSA) is 67.0 Å². The maximum atomic E-state index is 12.1. The molecule has 0 spiro atoms. The van der Waals surface area contributed by atoms with Crippen molar-refractivity contribution in [3.05, 3.63) is 17.2 Å². The molecule has 0 saturated heterocycles. The number of nitrogens with one attached hydrogen (secondary N) is 2. The van der Waals surface area contributed by atoms with Crippen molar-refractivity contribution in [3.63, 3.8) is 0 Å². The van der Waals surface area contributed by atoms with Crippen molar-refractivity contribution in [1.29, 1.82) is 0 Å². The molecule has 5 heteroatoms. The van der Waals surface area contributed by atoms with Gasteiger partial charge >= 0.3 is 6.09 Å². The molecule has 2 N–H and O–H groups in total. The molecular formula is C17H29N3O2. The highest BCUT2D eigenvalue weighted by atomic mass is 16.6. The molecular weight excluding hydrogens is 278 g/mol. The lowest BCUT2D eigenvalue weighted by Gasteiger charge is -2.23. The van der Waals surface area contributed by atoms with E-state index in [4.69, 9.17) is 9.72 Å². The molecule has 1 aromatic rings. The lowest BCUT2D eigenvalue weighted by atomic mass is 10.0. The van der Waals surface area contributed by atoms with Crippen molar-refractivity contribution in [2.75, 3.05) is 0 Å². The molecule has 0 aromatic carbocycles. The molecule has 124 valence electrons. The minimum absolute atomic E-state index is 0.132. The third-order valence-corrected chi connectivity index (χ3v) is 3.85. The van der Waals surface area contributed by atoms with Crippen LogP contribution in [-0.2, 0) is 11.2 Å². The van der Waals surface area contributed by atoms with E-state index in [-0.39, 0.29) is 12.1 Å². The van der Waals surface area contributed by atoms with Gasteiger partial charge in [-0.25, -0.2) is 9.78 Å². The number of fused-ring (bicyclic) bond motifs is 1. The first kappa shape index (κ1) is 16.8. The van der Waals surface area contributed by atoms with Crippen LogP contribution < -0.4 is 5.32 Å². The van der Waals surface area contributed by atoms with Crippen LogP contribution in [0.2, 0.25) is 0 Å². The molecule has 22 heavy (non-hydrogen) atoms. The summed E-state index contributed by atoms with van der Waals surface area (Å²) in [5, 5.41) is 2.97. The highest BCUT2D eigenvalue weighted by Crippen LogP contribution is 2.32. The smallest absolute Gasteiger partial charge is 0.408 e. The van der Waals surface area contributed by atoms with Gasteiger partial charge < -0.3 is 15.0 Å². The number of aromatic nitrogens is 2. The molecule has 1 heterocycles. The number of amides is 1. The van der Waals surface area contributed by atoms with Crippen LogP contribution in [0.1, 0.15) is 83.6 Å². The quantitative estimate of drug-likeness (QED) is 0.881. The second kappa shape index (κ2) is 6.31. The predicted molar refractivity (Wildman–Crippen MR) is 86.9 cm³/mol. The van der Waals surface area contributed by atoms with Gasteiger partial charge in [-0.15, -0.1) is 0 Å². The van der Waals surface area contributed by atoms with Gasteiger partial charge in [-0.3, -0.25) is 0 Å². The van der Waals surface area contributed by atoms with Crippen LogP contribution in [0, 0.1) is 5.92 Å². The van der Waals surface area contributed by atoms with Gasteiger partial charge in [-0.2, -0.15) is 0 Å². The van der Waals surface area contributed by atoms with Crippen molar-refractivity contribution in [1.82, 2.24) is 15.3 Å². The zero-order chi connectivity index (χ0) is 16.5. The summed E-state index contributed by atoms with van der Waals surface area (Å²) in [4.78, 5) is 20.3. The van der Waals surface area contributed by atoms with E-state index < -0.39 is 5.60 Å². The monoisotopic (exact) mass is 307 g/mol. The number of imidazole rings is 1. The van der Waals surface area contributed by atoms with Gasteiger partial charge in [0.1, 0.15) is 11.4 Å². The molecule has 0 radical (unpaired) electrons. The number of aromatic amines is 1. The van der Waals surface area contributed by atoms with E-state index in [0.29, 0.717) is 11.8 Å². The van der Waals surface area contributed by atoms with E-state index >= 15 is 0 Å². The van der Waals surface area contributed by atoms with Crippen molar-refractivity contribution in [2.24, 2.45) is 5.92 Å². The van der Waals surface area contributed by atoms with Gasteiger partial charge in [0.05, 0.1) is 11.7 Å². The number of rotatable bonds is 4. The summed E-state index contributed by atoms with van der Waals surface area (Å²) in [5.74, 6) is 1.81. The number of ether oxygens (including phenoxy) is 1. The SMILES string of the molecule is CC(C)CC(NC(=O)OC(C)(C)C)c1nc2c([nH]1)CCC2C. The fourth-order valence-electron chi connectivity index (χ4n) is 2.86. The molecule has 2 rings (SSSR count). The average Bonchev–Trinajstić information content (AvgIpc) is 2.88. The van der Waals surface area contributed by atoms with Gasteiger partial charge in [0, 0.05) is 11.6 Å². The summed E-state index contributed by atoms with van der Waals surface area (Å²) in [5.41, 5.74) is 1.89. The largest absolute Gasteiger partial charge is 0.444 e. The number of hydrogen-bond acceptors (Lipinski definition) is 3. The van der Waals surface area contributed by atoms with Crippen LogP contribution in [0.25, 0.3) is 0 Å². The zero-order valence-electron chi connectivity index (χ0n) is 14.6. The van der Waals surface area contributed by atoms with E-state index in [1.54, 1.807) is 0 Å². The third kappa shape index (κ3) is 4.24. The minimum Gasteiger partial charge on any atom is -0.444 e. The Hall–Kier alpha value is -1.52. The molecule has 0 bridgehead atoms. The Balaban J connectivity index is 2.13. The maximum absolute atomic E-state index is 12.1. The Morgan fingerprint density at radius 1 is 1.45 bits per heavy atom. The van der Waals surface area contributed by atoms with Crippen LogP contribution in [0.15, 0.2) is 0 Å². The number of H-pyrrole nitrogens is 1. The first-order valence-electron chi connectivity index (χ1n) is 8.24. The van der Waals surface area contributed by atoms with Crippen LogP contribution in [-0.4, -0.2) is 21.7 Å². The summed E-state index contributed by atoms with van der Waals surface area (Å²) in [6.07, 6.45) is 2.65. The van der Waals surface area contributed by atoms with E-state index in [0.717, 1.165) is 30.8 Å². The molecule has 0 fully saturated rings. The van der Waals surface area contributed by atoms with Crippen LogP contribution in [0.3, 0.4) is 0 Å². The molecule has 1 aliphatic rings. The lowest BCUT2D eigenvalue weighted by Crippen LogP contribution is -2.36. The summed E-state index contributed by atoms with van der Waals surface area (Å²) < 4.78 is 5.38.